The standard InChI is InChI=1S/C17H12FN5O/c18-13-5-3-12(4-6-13)15-14-16(21-10-22-17(14)24-23-15)20-9-11-2-1-7-19-8-11/h1-8,10H,9H2,(H,20,21,22). The van der Waals surface area contributed by atoms with Crippen LogP contribution >= 0.6 is 0 Å². The monoisotopic (exact) mass is 321 g/mol. The van der Waals surface area contributed by atoms with Gasteiger partial charge in [0.15, 0.2) is 0 Å². The Balaban J connectivity index is 1.73. The molecular weight excluding hydrogens is 309 g/mol. The summed E-state index contributed by atoms with van der Waals surface area (Å²) in [4.78, 5) is 12.5. The third kappa shape index (κ3) is 2.67. The highest BCUT2D eigenvalue weighted by molar-refractivity contribution is 5.97. The number of hydrogen-bond donors (Lipinski definition) is 1. The third-order valence-corrected chi connectivity index (χ3v) is 3.57. The van der Waals surface area contributed by atoms with Gasteiger partial charge in [0, 0.05) is 24.5 Å². The van der Waals surface area contributed by atoms with Crippen LogP contribution in [0.2, 0.25) is 0 Å². The van der Waals surface area contributed by atoms with Crippen LogP contribution < -0.4 is 5.32 Å². The third-order valence-electron chi connectivity index (χ3n) is 3.57. The van der Waals surface area contributed by atoms with Crippen molar-refractivity contribution in [1.82, 2.24) is 20.1 Å². The minimum atomic E-state index is -0.308. The summed E-state index contributed by atoms with van der Waals surface area (Å²) in [6.45, 7) is 0.550. The van der Waals surface area contributed by atoms with E-state index in [1.807, 2.05) is 12.1 Å². The molecule has 0 aliphatic carbocycles. The second-order valence-corrected chi connectivity index (χ2v) is 5.16. The van der Waals surface area contributed by atoms with Crippen molar-refractivity contribution in [3.63, 3.8) is 0 Å². The fourth-order valence-corrected chi connectivity index (χ4v) is 2.41. The quantitative estimate of drug-likeness (QED) is 0.620. The molecule has 1 aromatic carbocycles. The first-order valence-corrected chi connectivity index (χ1v) is 7.30. The average molecular weight is 321 g/mol. The molecule has 3 aromatic heterocycles. The van der Waals surface area contributed by atoms with Crippen LogP contribution in [0, 0.1) is 5.82 Å². The molecule has 0 atom stereocenters. The minimum Gasteiger partial charge on any atom is -0.365 e. The molecule has 0 saturated heterocycles. The molecule has 0 saturated carbocycles. The highest BCUT2D eigenvalue weighted by Crippen LogP contribution is 2.31. The van der Waals surface area contributed by atoms with Gasteiger partial charge < -0.3 is 9.84 Å². The van der Waals surface area contributed by atoms with E-state index in [1.54, 1.807) is 24.5 Å². The van der Waals surface area contributed by atoms with E-state index in [9.17, 15) is 4.39 Å². The lowest BCUT2D eigenvalue weighted by molar-refractivity contribution is 0.451. The van der Waals surface area contributed by atoms with Crippen molar-refractivity contribution < 1.29 is 8.91 Å². The fourth-order valence-electron chi connectivity index (χ4n) is 2.41. The lowest BCUT2D eigenvalue weighted by Crippen LogP contribution is -2.02. The molecule has 0 amide bonds. The van der Waals surface area contributed by atoms with Gasteiger partial charge in [-0.2, -0.15) is 4.98 Å². The Morgan fingerprint density at radius 2 is 1.96 bits per heavy atom. The molecule has 0 aliphatic rings. The van der Waals surface area contributed by atoms with E-state index in [0.29, 0.717) is 29.2 Å². The minimum absolute atomic E-state index is 0.308. The van der Waals surface area contributed by atoms with E-state index in [1.165, 1.54) is 18.5 Å². The molecule has 0 bridgehead atoms. The Morgan fingerprint density at radius 3 is 2.75 bits per heavy atom. The maximum Gasteiger partial charge on any atom is 0.263 e. The summed E-state index contributed by atoms with van der Waals surface area (Å²) in [6.07, 6.45) is 4.91. The van der Waals surface area contributed by atoms with Crippen molar-refractivity contribution in [1.29, 1.82) is 0 Å². The predicted molar refractivity (Wildman–Crippen MR) is 86.6 cm³/mol. The van der Waals surface area contributed by atoms with Gasteiger partial charge in [0.1, 0.15) is 29.0 Å². The lowest BCUT2D eigenvalue weighted by Gasteiger charge is -2.06. The van der Waals surface area contributed by atoms with Crippen LogP contribution in [0.25, 0.3) is 22.4 Å². The lowest BCUT2D eigenvalue weighted by atomic mass is 10.1. The number of rotatable bonds is 4. The van der Waals surface area contributed by atoms with Gasteiger partial charge in [0.05, 0.1) is 0 Å². The number of benzene rings is 1. The zero-order valence-corrected chi connectivity index (χ0v) is 12.5. The molecule has 1 N–H and O–H groups in total. The van der Waals surface area contributed by atoms with E-state index in [0.717, 1.165) is 11.1 Å². The van der Waals surface area contributed by atoms with Crippen molar-refractivity contribution in [2.45, 2.75) is 6.54 Å². The van der Waals surface area contributed by atoms with Crippen molar-refractivity contribution in [2.75, 3.05) is 5.32 Å². The molecule has 7 heteroatoms. The zero-order chi connectivity index (χ0) is 16.4. The molecule has 4 rings (SSSR count). The molecule has 0 fully saturated rings. The summed E-state index contributed by atoms with van der Waals surface area (Å²) in [5.74, 6) is 0.294. The largest absolute Gasteiger partial charge is 0.365 e. The van der Waals surface area contributed by atoms with E-state index in [2.05, 4.69) is 25.4 Å². The Kier molecular flexibility index (Phi) is 3.59. The second-order valence-electron chi connectivity index (χ2n) is 5.16. The number of nitrogens with zero attached hydrogens (tertiary/aromatic N) is 4. The topological polar surface area (TPSA) is 76.7 Å². The normalized spacial score (nSPS) is 10.9. The van der Waals surface area contributed by atoms with Gasteiger partial charge in [0.2, 0.25) is 0 Å². The summed E-state index contributed by atoms with van der Waals surface area (Å²) in [5.41, 5.74) is 2.69. The van der Waals surface area contributed by atoms with Crippen LogP contribution in [0.3, 0.4) is 0 Å². The van der Waals surface area contributed by atoms with Crippen LogP contribution in [-0.2, 0) is 6.54 Å². The summed E-state index contributed by atoms with van der Waals surface area (Å²) in [6, 6.07) is 9.88. The molecule has 0 unspecified atom stereocenters. The number of halogens is 1. The van der Waals surface area contributed by atoms with Crippen molar-refractivity contribution in [2.24, 2.45) is 0 Å². The molecule has 0 aliphatic heterocycles. The number of hydrogen-bond acceptors (Lipinski definition) is 6. The van der Waals surface area contributed by atoms with Gasteiger partial charge in [0.25, 0.3) is 5.71 Å². The summed E-state index contributed by atoms with van der Waals surface area (Å²) in [5, 5.41) is 7.97. The van der Waals surface area contributed by atoms with Crippen molar-refractivity contribution in [3.8, 4) is 11.3 Å². The summed E-state index contributed by atoms with van der Waals surface area (Å²) in [7, 11) is 0. The fraction of sp³-hybridized carbons (Fsp3) is 0.0588. The Hall–Kier alpha value is -3.35. The van der Waals surface area contributed by atoms with Crippen LogP contribution in [0.15, 0.2) is 59.6 Å². The summed E-state index contributed by atoms with van der Waals surface area (Å²) < 4.78 is 18.4. The summed E-state index contributed by atoms with van der Waals surface area (Å²) >= 11 is 0. The van der Waals surface area contributed by atoms with Crippen LogP contribution in [-0.4, -0.2) is 20.1 Å². The van der Waals surface area contributed by atoms with Gasteiger partial charge >= 0.3 is 0 Å². The molecule has 118 valence electrons. The zero-order valence-electron chi connectivity index (χ0n) is 12.5. The van der Waals surface area contributed by atoms with Gasteiger partial charge in [-0.3, -0.25) is 4.98 Å². The Labute approximate surface area is 136 Å². The molecular formula is C17H12FN5O. The van der Waals surface area contributed by atoms with E-state index in [-0.39, 0.29) is 5.82 Å². The Morgan fingerprint density at radius 1 is 1.08 bits per heavy atom. The average Bonchev–Trinajstić information content (AvgIpc) is 3.06. The highest BCUT2D eigenvalue weighted by Gasteiger charge is 2.16. The van der Waals surface area contributed by atoms with E-state index >= 15 is 0 Å². The Bertz CT molecular complexity index is 969. The van der Waals surface area contributed by atoms with Crippen LogP contribution in [0.1, 0.15) is 5.56 Å². The SMILES string of the molecule is Fc1ccc(-c2noc3ncnc(NCc4cccnc4)c23)cc1. The van der Waals surface area contributed by atoms with E-state index in [4.69, 9.17) is 4.52 Å². The molecule has 3 heterocycles. The molecule has 4 aromatic rings. The van der Waals surface area contributed by atoms with E-state index < -0.39 is 0 Å². The molecule has 24 heavy (non-hydrogen) atoms. The number of pyridine rings is 1. The van der Waals surface area contributed by atoms with Gasteiger partial charge in [-0.25, -0.2) is 9.37 Å². The maximum absolute atomic E-state index is 13.1. The number of anilines is 1. The van der Waals surface area contributed by atoms with Crippen molar-refractivity contribution >= 4 is 16.9 Å². The number of aromatic nitrogens is 4. The van der Waals surface area contributed by atoms with Gasteiger partial charge in [-0.15, -0.1) is 0 Å². The molecule has 0 spiro atoms. The highest BCUT2D eigenvalue weighted by atomic mass is 19.1. The number of nitrogens with one attached hydrogen (secondary N) is 1. The number of fused-ring (bicyclic) bond motifs is 1. The van der Waals surface area contributed by atoms with Crippen LogP contribution in [0.5, 0.6) is 0 Å². The van der Waals surface area contributed by atoms with Gasteiger partial charge in [-0.05, 0) is 35.9 Å². The predicted octanol–water partition coefficient (Wildman–Crippen LogP) is 3.43. The molecule has 6 nitrogen and oxygen atoms in total. The maximum atomic E-state index is 13.1. The van der Waals surface area contributed by atoms with Crippen LogP contribution in [0.4, 0.5) is 10.2 Å². The first kappa shape index (κ1) is 14.3. The van der Waals surface area contributed by atoms with Crippen molar-refractivity contribution in [3.05, 3.63) is 66.5 Å². The van der Waals surface area contributed by atoms with Gasteiger partial charge in [-0.1, -0.05) is 11.2 Å². The molecule has 0 radical (unpaired) electrons. The first-order valence-electron chi connectivity index (χ1n) is 7.30. The smallest absolute Gasteiger partial charge is 0.263 e. The second kappa shape index (κ2) is 6.04. The first-order chi connectivity index (χ1) is 11.8.